The van der Waals surface area contributed by atoms with Crippen LogP contribution < -0.4 is 15.4 Å². The summed E-state index contributed by atoms with van der Waals surface area (Å²) in [6.07, 6.45) is 4.31. The standard InChI is InChI=1S/C18H24N4O3/c1-24-15-7-3-2-6-14(15)20-17(23)12-16-21-18(25-22-16)11-13-5-4-9-19-10-8-13/h2-3,6-7,13,19H,4-5,8-12H2,1H3,(H,20,23). The quantitative estimate of drug-likeness (QED) is 0.835. The first kappa shape index (κ1) is 17.4. The smallest absolute Gasteiger partial charge is 0.232 e. The Bertz CT molecular complexity index is 693. The van der Waals surface area contributed by atoms with Gasteiger partial charge >= 0.3 is 0 Å². The average molecular weight is 344 g/mol. The highest BCUT2D eigenvalue weighted by molar-refractivity contribution is 5.93. The maximum atomic E-state index is 12.2. The van der Waals surface area contributed by atoms with Gasteiger partial charge in [0.05, 0.1) is 19.2 Å². The summed E-state index contributed by atoms with van der Waals surface area (Å²) in [6, 6.07) is 7.28. The van der Waals surface area contributed by atoms with E-state index in [1.54, 1.807) is 19.2 Å². The number of carbonyl (C=O) groups excluding carboxylic acids is 1. The lowest BCUT2D eigenvalue weighted by Gasteiger charge is -2.09. The maximum Gasteiger partial charge on any atom is 0.232 e. The number of nitrogens with zero attached hydrogens (tertiary/aromatic N) is 2. The monoisotopic (exact) mass is 344 g/mol. The number of para-hydroxylation sites is 2. The second kappa shape index (κ2) is 8.62. The van der Waals surface area contributed by atoms with E-state index in [-0.39, 0.29) is 12.3 Å². The predicted octanol–water partition coefficient (Wildman–Crippen LogP) is 2.19. The molecule has 0 spiro atoms. The van der Waals surface area contributed by atoms with Crippen molar-refractivity contribution in [3.63, 3.8) is 0 Å². The van der Waals surface area contributed by atoms with Crippen molar-refractivity contribution in [3.05, 3.63) is 36.0 Å². The van der Waals surface area contributed by atoms with E-state index in [2.05, 4.69) is 20.8 Å². The van der Waals surface area contributed by atoms with Gasteiger partial charge in [-0.3, -0.25) is 4.79 Å². The lowest BCUT2D eigenvalue weighted by molar-refractivity contribution is -0.115. The molecular formula is C18H24N4O3. The van der Waals surface area contributed by atoms with Gasteiger partial charge in [-0.1, -0.05) is 17.3 Å². The Morgan fingerprint density at radius 3 is 3.12 bits per heavy atom. The van der Waals surface area contributed by atoms with Crippen LogP contribution in [0.5, 0.6) is 5.75 Å². The minimum absolute atomic E-state index is 0.0772. The van der Waals surface area contributed by atoms with Crippen molar-refractivity contribution >= 4 is 11.6 Å². The Hall–Kier alpha value is -2.41. The molecule has 3 rings (SSSR count). The molecule has 7 nitrogen and oxygen atoms in total. The fourth-order valence-electron chi connectivity index (χ4n) is 3.07. The molecule has 1 atom stereocenters. The van der Waals surface area contributed by atoms with Gasteiger partial charge in [0.15, 0.2) is 5.82 Å². The number of ether oxygens (including phenoxy) is 1. The van der Waals surface area contributed by atoms with Crippen molar-refractivity contribution in [2.24, 2.45) is 5.92 Å². The fraction of sp³-hybridized carbons (Fsp3) is 0.500. The largest absolute Gasteiger partial charge is 0.495 e. The molecule has 1 aliphatic rings. The Balaban J connectivity index is 1.54. The first-order valence-corrected chi connectivity index (χ1v) is 8.69. The molecule has 1 aliphatic heterocycles. The van der Waals surface area contributed by atoms with Gasteiger partial charge in [-0.2, -0.15) is 4.98 Å². The van der Waals surface area contributed by atoms with Gasteiger partial charge in [0.2, 0.25) is 11.8 Å². The maximum absolute atomic E-state index is 12.2. The van der Waals surface area contributed by atoms with Crippen LogP contribution in [0.25, 0.3) is 0 Å². The molecule has 0 aliphatic carbocycles. The molecule has 7 heteroatoms. The molecule has 1 aromatic heterocycles. The second-order valence-corrected chi connectivity index (χ2v) is 6.28. The van der Waals surface area contributed by atoms with E-state index in [4.69, 9.17) is 9.26 Å². The van der Waals surface area contributed by atoms with Crippen LogP contribution in [0.2, 0.25) is 0 Å². The molecule has 2 N–H and O–H groups in total. The van der Waals surface area contributed by atoms with Gasteiger partial charge in [-0.15, -0.1) is 0 Å². The van der Waals surface area contributed by atoms with Crippen LogP contribution in [-0.4, -0.2) is 36.2 Å². The highest BCUT2D eigenvalue weighted by Crippen LogP contribution is 2.23. The number of amides is 1. The van der Waals surface area contributed by atoms with E-state index in [0.717, 1.165) is 25.9 Å². The first-order valence-electron chi connectivity index (χ1n) is 8.69. The molecule has 1 saturated heterocycles. The minimum atomic E-state index is -0.199. The number of aromatic nitrogens is 2. The van der Waals surface area contributed by atoms with Crippen molar-refractivity contribution in [2.45, 2.75) is 32.1 Å². The molecular weight excluding hydrogens is 320 g/mol. The number of carbonyl (C=O) groups is 1. The van der Waals surface area contributed by atoms with Crippen molar-refractivity contribution < 1.29 is 14.1 Å². The SMILES string of the molecule is COc1ccccc1NC(=O)Cc1noc(CC2CCCNCC2)n1. The lowest BCUT2D eigenvalue weighted by Crippen LogP contribution is -2.16. The van der Waals surface area contributed by atoms with Gasteiger partial charge in [0, 0.05) is 6.42 Å². The summed E-state index contributed by atoms with van der Waals surface area (Å²) in [7, 11) is 1.57. The van der Waals surface area contributed by atoms with Crippen LogP contribution in [0.15, 0.2) is 28.8 Å². The van der Waals surface area contributed by atoms with Crippen LogP contribution >= 0.6 is 0 Å². The van der Waals surface area contributed by atoms with Crippen molar-refractivity contribution in [1.29, 1.82) is 0 Å². The van der Waals surface area contributed by atoms with Gasteiger partial charge in [0.25, 0.3) is 0 Å². The van der Waals surface area contributed by atoms with Gasteiger partial charge < -0.3 is 19.9 Å². The fourth-order valence-corrected chi connectivity index (χ4v) is 3.07. The summed E-state index contributed by atoms with van der Waals surface area (Å²) in [5, 5.41) is 10.1. The number of rotatable bonds is 6. The molecule has 134 valence electrons. The second-order valence-electron chi connectivity index (χ2n) is 6.28. The highest BCUT2D eigenvalue weighted by atomic mass is 16.5. The van der Waals surface area contributed by atoms with Gasteiger partial charge in [-0.25, -0.2) is 0 Å². The molecule has 2 aromatic rings. The Labute approximate surface area is 147 Å². The Morgan fingerprint density at radius 2 is 2.24 bits per heavy atom. The molecule has 1 unspecified atom stereocenters. The summed E-state index contributed by atoms with van der Waals surface area (Å²) in [6.45, 7) is 2.11. The zero-order valence-electron chi connectivity index (χ0n) is 14.5. The van der Waals surface area contributed by atoms with Gasteiger partial charge in [0.1, 0.15) is 5.75 Å². The summed E-state index contributed by atoms with van der Waals surface area (Å²) in [4.78, 5) is 16.6. The number of hydrogen-bond acceptors (Lipinski definition) is 6. The van der Waals surface area contributed by atoms with E-state index in [0.29, 0.717) is 29.1 Å². The third-order valence-corrected chi connectivity index (χ3v) is 4.37. The summed E-state index contributed by atoms with van der Waals surface area (Å²) < 4.78 is 10.5. The zero-order valence-corrected chi connectivity index (χ0v) is 14.5. The third kappa shape index (κ3) is 5.03. The van der Waals surface area contributed by atoms with Crippen molar-refractivity contribution in [3.8, 4) is 5.75 Å². The zero-order chi connectivity index (χ0) is 17.5. The molecule has 0 bridgehead atoms. The minimum Gasteiger partial charge on any atom is -0.495 e. The lowest BCUT2D eigenvalue weighted by atomic mass is 9.97. The molecule has 1 fully saturated rings. The van der Waals surface area contributed by atoms with Crippen LogP contribution in [-0.2, 0) is 17.6 Å². The van der Waals surface area contributed by atoms with E-state index in [1.807, 2.05) is 12.1 Å². The molecule has 25 heavy (non-hydrogen) atoms. The highest BCUT2D eigenvalue weighted by Gasteiger charge is 2.18. The van der Waals surface area contributed by atoms with Gasteiger partial charge in [-0.05, 0) is 50.4 Å². The van der Waals surface area contributed by atoms with Crippen molar-refractivity contribution in [2.75, 3.05) is 25.5 Å². The molecule has 1 amide bonds. The Morgan fingerprint density at radius 1 is 1.36 bits per heavy atom. The molecule has 1 aromatic carbocycles. The number of anilines is 1. The van der Waals surface area contributed by atoms with E-state index >= 15 is 0 Å². The van der Waals surface area contributed by atoms with Crippen molar-refractivity contribution in [1.82, 2.24) is 15.5 Å². The van der Waals surface area contributed by atoms with Crippen LogP contribution in [0.4, 0.5) is 5.69 Å². The first-order chi connectivity index (χ1) is 12.2. The third-order valence-electron chi connectivity index (χ3n) is 4.37. The predicted molar refractivity (Wildman–Crippen MR) is 93.5 cm³/mol. The van der Waals surface area contributed by atoms with Crippen LogP contribution in [0.3, 0.4) is 0 Å². The van der Waals surface area contributed by atoms with E-state index in [1.165, 1.54) is 12.8 Å². The Kier molecular flexibility index (Phi) is 6.00. The van der Waals surface area contributed by atoms with E-state index in [9.17, 15) is 4.79 Å². The number of benzene rings is 1. The molecule has 0 radical (unpaired) electrons. The number of nitrogens with one attached hydrogen (secondary N) is 2. The van der Waals surface area contributed by atoms with E-state index < -0.39 is 0 Å². The molecule has 0 saturated carbocycles. The number of methoxy groups -OCH3 is 1. The summed E-state index contributed by atoms with van der Waals surface area (Å²) in [5.41, 5.74) is 0.629. The summed E-state index contributed by atoms with van der Waals surface area (Å²) in [5.74, 6) is 2.01. The van der Waals surface area contributed by atoms with Crippen LogP contribution in [0.1, 0.15) is 31.0 Å². The number of hydrogen-bond donors (Lipinski definition) is 2. The summed E-state index contributed by atoms with van der Waals surface area (Å²) >= 11 is 0. The van der Waals surface area contributed by atoms with Crippen LogP contribution in [0, 0.1) is 5.92 Å². The normalized spacial score (nSPS) is 17.7. The topological polar surface area (TPSA) is 89.3 Å². The molecule has 2 heterocycles. The average Bonchev–Trinajstić information content (AvgIpc) is 2.88.